The molecule has 0 spiro atoms. The fourth-order valence-electron chi connectivity index (χ4n) is 3.64. The molecule has 0 saturated carbocycles. The number of carbonyl (C=O) groups excluding carboxylic acids is 2. The van der Waals surface area contributed by atoms with Gasteiger partial charge in [-0.1, -0.05) is 60.1 Å². The molecule has 1 saturated heterocycles. The molecule has 1 aliphatic heterocycles. The molecule has 0 aliphatic carbocycles. The van der Waals surface area contributed by atoms with Gasteiger partial charge in [0.15, 0.2) is 11.2 Å². The van der Waals surface area contributed by atoms with Crippen molar-refractivity contribution in [3.8, 4) is 0 Å². The van der Waals surface area contributed by atoms with E-state index in [9.17, 15) is 9.59 Å². The molecule has 1 heterocycles. The highest BCUT2D eigenvalue weighted by Crippen LogP contribution is 2.28. The van der Waals surface area contributed by atoms with Gasteiger partial charge in [-0.15, -0.1) is 0 Å². The predicted octanol–water partition coefficient (Wildman–Crippen LogP) is 5.04. The lowest BCUT2D eigenvalue weighted by molar-refractivity contribution is -0.118. The van der Waals surface area contributed by atoms with Gasteiger partial charge in [0.1, 0.15) is 0 Å². The largest absolute Gasteiger partial charge is 0.339 e. The lowest BCUT2D eigenvalue weighted by Crippen LogP contribution is -2.41. The number of hydrazone groups is 1. The Labute approximate surface area is 208 Å². The summed E-state index contributed by atoms with van der Waals surface area (Å²) < 4.78 is 0. The molecule has 34 heavy (non-hydrogen) atoms. The van der Waals surface area contributed by atoms with Gasteiger partial charge >= 0.3 is 6.03 Å². The molecule has 172 valence electrons. The Balaban J connectivity index is 1.59. The normalized spacial score (nSPS) is 16.1. The van der Waals surface area contributed by atoms with E-state index in [1.165, 1.54) is 4.90 Å². The number of nitrogens with zero attached hydrogens (tertiary/aromatic N) is 3. The Kier molecular flexibility index (Phi) is 7.20. The van der Waals surface area contributed by atoms with Crippen molar-refractivity contribution in [2.45, 2.75) is 19.5 Å². The molecule has 3 amide bonds. The molecular weight excluding hydrogens is 470 g/mol. The van der Waals surface area contributed by atoms with E-state index in [4.69, 9.17) is 23.8 Å². The second-order valence-corrected chi connectivity index (χ2v) is 8.44. The highest BCUT2D eigenvalue weighted by Gasteiger charge is 2.44. The van der Waals surface area contributed by atoms with Crippen LogP contribution in [0.25, 0.3) is 0 Å². The van der Waals surface area contributed by atoms with E-state index in [0.717, 1.165) is 5.56 Å². The van der Waals surface area contributed by atoms with Gasteiger partial charge < -0.3 is 10.2 Å². The quantitative estimate of drug-likeness (QED) is 0.288. The molecule has 0 bridgehead atoms. The number of rotatable bonds is 6. The Morgan fingerprint density at radius 1 is 1.00 bits per heavy atom. The van der Waals surface area contributed by atoms with Crippen LogP contribution in [0.4, 0.5) is 16.2 Å². The lowest BCUT2D eigenvalue weighted by Gasteiger charge is -2.24. The Bertz CT molecular complexity index is 1220. The minimum Gasteiger partial charge on any atom is -0.327 e. The average molecular weight is 492 g/mol. The average Bonchev–Trinajstić information content (AvgIpc) is 3.08. The molecule has 0 radical (unpaired) electrons. The molecule has 1 unspecified atom stereocenters. The van der Waals surface area contributed by atoms with E-state index in [1.54, 1.807) is 48.2 Å². The summed E-state index contributed by atoms with van der Waals surface area (Å²) >= 11 is 11.7. The molecule has 7 nitrogen and oxygen atoms in total. The maximum absolute atomic E-state index is 13.5. The molecule has 2 N–H and O–H groups in total. The van der Waals surface area contributed by atoms with Crippen molar-refractivity contribution >= 4 is 58.0 Å². The van der Waals surface area contributed by atoms with Gasteiger partial charge in [-0.05, 0) is 61.1 Å². The molecule has 0 aromatic heterocycles. The molecule has 3 aromatic rings. The topological polar surface area (TPSA) is 77.0 Å². The van der Waals surface area contributed by atoms with E-state index in [-0.39, 0.29) is 5.91 Å². The fourth-order valence-corrected chi connectivity index (χ4v) is 4.13. The van der Waals surface area contributed by atoms with Crippen LogP contribution in [-0.2, 0) is 11.3 Å². The minimum atomic E-state index is -0.777. The number of hydrogen-bond donors (Lipinski definition) is 2. The predicted molar refractivity (Wildman–Crippen MR) is 139 cm³/mol. The van der Waals surface area contributed by atoms with Crippen molar-refractivity contribution in [3.63, 3.8) is 0 Å². The molecule has 9 heteroatoms. The molecule has 4 rings (SSSR count). The highest BCUT2D eigenvalue weighted by atomic mass is 35.5. The fraction of sp³-hybridized carbons (Fsp3) is 0.120. The van der Waals surface area contributed by atoms with Crippen molar-refractivity contribution in [2.24, 2.45) is 5.10 Å². The number of nitrogens with one attached hydrogen (secondary N) is 2. The Morgan fingerprint density at radius 3 is 2.26 bits per heavy atom. The zero-order valence-corrected chi connectivity index (χ0v) is 19.9. The first-order valence-corrected chi connectivity index (χ1v) is 11.3. The molecular formula is C25H22ClN5O2S. The van der Waals surface area contributed by atoms with E-state index >= 15 is 0 Å². The summed E-state index contributed by atoms with van der Waals surface area (Å²) in [4.78, 5) is 29.1. The van der Waals surface area contributed by atoms with Crippen molar-refractivity contribution in [1.82, 2.24) is 10.3 Å². The minimum absolute atomic E-state index is 0.255. The van der Waals surface area contributed by atoms with Crippen LogP contribution in [0.15, 0.2) is 90.0 Å². The first kappa shape index (κ1) is 23.4. The summed E-state index contributed by atoms with van der Waals surface area (Å²) in [5.41, 5.74) is 5.11. The van der Waals surface area contributed by atoms with Crippen LogP contribution in [0.5, 0.6) is 0 Å². The summed E-state index contributed by atoms with van der Waals surface area (Å²) in [5, 5.41) is 7.81. The van der Waals surface area contributed by atoms with E-state index in [2.05, 4.69) is 15.8 Å². The zero-order valence-electron chi connectivity index (χ0n) is 18.3. The number of thiocarbonyl (C=S) groups is 1. The smallest absolute Gasteiger partial charge is 0.327 e. The summed E-state index contributed by atoms with van der Waals surface area (Å²) in [7, 11) is 0. The van der Waals surface area contributed by atoms with Crippen molar-refractivity contribution < 1.29 is 9.59 Å². The number of para-hydroxylation sites is 1. The van der Waals surface area contributed by atoms with Gasteiger partial charge in [0.25, 0.3) is 5.91 Å². The van der Waals surface area contributed by atoms with Crippen LogP contribution >= 0.6 is 23.8 Å². The van der Waals surface area contributed by atoms with Gasteiger partial charge in [0, 0.05) is 17.3 Å². The first-order valence-electron chi connectivity index (χ1n) is 10.5. The molecule has 1 atom stereocenters. The number of hydrogen-bond acceptors (Lipinski definition) is 4. The molecule has 1 aliphatic rings. The number of anilines is 2. The summed E-state index contributed by atoms with van der Waals surface area (Å²) in [6, 6.07) is 24.3. The third-order valence-corrected chi connectivity index (χ3v) is 5.91. The molecule has 3 aromatic carbocycles. The van der Waals surface area contributed by atoms with Gasteiger partial charge in [0.05, 0.1) is 11.4 Å². The third-order valence-electron chi connectivity index (χ3n) is 5.24. The van der Waals surface area contributed by atoms with E-state index in [1.807, 2.05) is 48.5 Å². The van der Waals surface area contributed by atoms with Gasteiger partial charge in [-0.25, -0.2) is 10.2 Å². The van der Waals surface area contributed by atoms with Crippen molar-refractivity contribution in [1.29, 1.82) is 0 Å². The first-order chi connectivity index (χ1) is 16.4. The maximum atomic E-state index is 13.5. The van der Waals surface area contributed by atoms with Crippen molar-refractivity contribution in [2.75, 3.05) is 10.2 Å². The SMILES string of the molecule is C/C(=N\NC(=O)Nc1ccccc1)C1C(=O)N(c2ccc(Cl)cc2)C(=S)N1Cc1ccccc1. The monoisotopic (exact) mass is 491 g/mol. The van der Waals surface area contributed by atoms with Gasteiger partial charge in [-0.2, -0.15) is 5.10 Å². The third kappa shape index (κ3) is 5.24. The highest BCUT2D eigenvalue weighted by molar-refractivity contribution is 7.80. The van der Waals surface area contributed by atoms with Gasteiger partial charge in [-0.3, -0.25) is 9.69 Å². The lowest BCUT2D eigenvalue weighted by atomic mass is 10.1. The summed E-state index contributed by atoms with van der Waals surface area (Å²) in [6.45, 7) is 2.10. The van der Waals surface area contributed by atoms with Crippen LogP contribution in [-0.4, -0.2) is 33.7 Å². The van der Waals surface area contributed by atoms with E-state index in [0.29, 0.717) is 33.8 Å². The van der Waals surface area contributed by atoms with Crippen LogP contribution in [0.2, 0.25) is 5.02 Å². The van der Waals surface area contributed by atoms with E-state index < -0.39 is 12.1 Å². The van der Waals surface area contributed by atoms with Crippen LogP contribution in [0, 0.1) is 0 Å². The van der Waals surface area contributed by atoms with Crippen LogP contribution < -0.4 is 15.6 Å². The summed E-state index contributed by atoms with van der Waals surface area (Å²) in [5.74, 6) is -0.255. The Morgan fingerprint density at radius 2 is 1.62 bits per heavy atom. The number of halogens is 1. The second kappa shape index (κ2) is 10.5. The second-order valence-electron chi connectivity index (χ2n) is 7.63. The van der Waals surface area contributed by atoms with Crippen molar-refractivity contribution in [3.05, 3.63) is 95.5 Å². The summed E-state index contributed by atoms with van der Waals surface area (Å²) in [6.07, 6.45) is 0. The number of benzene rings is 3. The number of carbonyl (C=O) groups is 2. The zero-order chi connectivity index (χ0) is 24.1. The van der Waals surface area contributed by atoms with Gasteiger partial charge in [0.2, 0.25) is 0 Å². The molecule has 1 fully saturated rings. The number of urea groups is 1. The number of amides is 3. The van der Waals surface area contributed by atoms with Crippen LogP contribution in [0.1, 0.15) is 12.5 Å². The standard InChI is InChI=1S/C25H22ClN5O2S/c1-17(28-29-24(33)27-20-10-6-3-7-11-20)22-23(32)31(21-14-12-19(26)13-15-21)25(34)30(22)16-18-8-4-2-5-9-18/h2-15,22H,16H2,1H3,(H2,27,29,33)/b28-17+. The Hall–Kier alpha value is -3.75. The van der Waals surface area contributed by atoms with Crippen LogP contribution in [0.3, 0.4) is 0 Å². The maximum Gasteiger partial charge on any atom is 0.339 e.